The monoisotopic (exact) mass is 233 g/mol. The predicted octanol–water partition coefficient (Wildman–Crippen LogP) is 1.86. The summed E-state index contributed by atoms with van der Waals surface area (Å²) >= 11 is 0. The van der Waals surface area contributed by atoms with Crippen LogP contribution in [0.25, 0.3) is 0 Å². The molecule has 1 unspecified atom stereocenters. The normalized spacial score (nSPS) is 20.1. The van der Waals surface area contributed by atoms with Crippen LogP contribution in [0.1, 0.15) is 24.0 Å². The van der Waals surface area contributed by atoms with E-state index in [1.54, 1.807) is 0 Å². The molecule has 0 saturated carbocycles. The van der Waals surface area contributed by atoms with Crippen LogP contribution in [0, 0.1) is 5.92 Å². The van der Waals surface area contributed by atoms with E-state index >= 15 is 0 Å². The van der Waals surface area contributed by atoms with Gasteiger partial charge < -0.3 is 10.4 Å². The highest BCUT2D eigenvalue weighted by molar-refractivity contribution is 5.70. The number of nitrogens with one attached hydrogen (secondary N) is 1. The molecule has 0 spiro atoms. The van der Waals surface area contributed by atoms with Gasteiger partial charge in [0.2, 0.25) is 0 Å². The van der Waals surface area contributed by atoms with Crippen molar-refractivity contribution in [1.29, 1.82) is 0 Å². The van der Waals surface area contributed by atoms with Crippen LogP contribution < -0.4 is 5.32 Å². The van der Waals surface area contributed by atoms with Crippen LogP contribution in [-0.4, -0.2) is 24.2 Å². The maximum atomic E-state index is 10.8. The van der Waals surface area contributed by atoms with Crippen molar-refractivity contribution < 1.29 is 9.90 Å². The number of rotatable bonds is 4. The van der Waals surface area contributed by atoms with Gasteiger partial charge in [0.15, 0.2) is 0 Å². The second-order valence-corrected chi connectivity index (χ2v) is 4.76. The lowest BCUT2D eigenvalue weighted by atomic mass is 9.89. The average Bonchev–Trinajstić information content (AvgIpc) is 2.32. The highest BCUT2D eigenvalue weighted by Gasteiger charge is 2.15. The maximum Gasteiger partial charge on any atom is 0.307 e. The Bertz CT molecular complexity index is 384. The number of carboxylic acids is 1. The first-order valence-corrected chi connectivity index (χ1v) is 6.25. The smallest absolute Gasteiger partial charge is 0.307 e. The molecule has 2 rings (SSSR count). The van der Waals surface area contributed by atoms with Gasteiger partial charge in [0.25, 0.3) is 0 Å². The molecule has 1 aliphatic rings. The minimum atomic E-state index is -0.751. The van der Waals surface area contributed by atoms with E-state index in [0.29, 0.717) is 5.92 Å². The summed E-state index contributed by atoms with van der Waals surface area (Å²) in [6.07, 6.45) is 3.60. The van der Waals surface area contributed by atoms with Gasteiger partial charge in [0.1, 0.15) is 0 Å². The molecule has 1 atom stereocenters. The van der Waals surface area contributed by atoms with E-state index in [2.05, 4.69) is 11.4 Å². The summed E-state index contributed by atoms with van der Waals surface area (Å²) in [5, 5.41) is 12.3. The zero-order chi connectivity index (χ0) is 12.1. The average molecular weight is 233 g/mol. The van der Waals surface area contributed by atoms with Crippen molar-refractivity contribution in [3.63, 3.8) is 0 Å². The zero-order valence-electron chi connectivity index (χ0n) is 9.98. The van der Waals surface area contributed by atoms with Gasteiger partial charge in [0, 0.05) is 0 Å². The van der Waals surface area contributed by atoms with Gasteiger partial charge in [-0.05, 0) is 49.4 Å². The second kappa shape index (κ2) is 5.82. The highest BCUT2D eigenvalue weighted by Crippen LogP contribution is 2.19. The van der Waals surface area contributed by atoms with Gasteiger partial charge in [0.05, 0.1) is 6.42 Å². The van der Waals surface area contributed by atoms with Crippen molar-refractivity contribution >= 4 is 5.97 Å². The molecule has 1 heterocycles. The first-order valence-electron chi connectivity index (χ1n) is 6.25. The molecule has 3 heteroatoms. The maximum absolute atomic E-state index is 10.8. The van der Waals surface area contributed by atoms with Gasteiger partial charge in [-0.15, -0.1) is 0 Å². The summed E-state index contributed by atoms with van der Waals surface area (Å²) in [7, 11) is 0. The topological polar surface area (TPSA) is 49.3 Å². The van der Waals surface area contributed by atoms with Crippen molar-refractivity contribution in [2.45, 2.75) is 25.7 Å². The van der Waals surface area contributed by atoms with Crippen LogP contribution in [0.2, 0.25) is 0 Å². The number of hydrogen-bond acceptors (Lipinski definition) is 2. The summed E-state index contributed by atoms with van der Waals surface area (Å²) in [6, 6.07) is 7.91. The van der Waals surface area contributed by atoms with Crippen molar-refractivity contribution in [2.24, 2.45) is 5.92 Å². The third-order valence-corrected chi connectivity index (χ3v) is 3.37. The molecule has 1 aromatic carbocycles. The molecule has 1 saturated heterocycles. The summed E-state index contributed by atoms with van der Waals surface area (Å²) in [4.78, 5) is 10.8. The molecule has 92 valence electrons. The first-order chi connectivity index (χ1) is 8.25. The fourth-order valence-electron chi connectivity index (χ4n) is 2.50. The van der Waals surface area contributed by atoms with Crippen LogP contribution in [0.4, 0.5) is 0 Å². The van der Waals surface area contributed by atoms with Gasteiger partial charge >= 0.3 is 5.97 Å². The lowest BCUT2D eigenvalue weighted by Crippen LogP contribution is -2.31. The summed E-state index contributed by atoms with van der Waals surface area (Å²) < 4.78 is 0. The molecular weight excluding hydrogens is 214 g/mol. The molecule has 0 aromatic heterocycles. The standard InChI is InChI=1S/C14H19NO2/c16-14(17)9-13-6-2-1-5-12(13)8-11-4-3-7-15-10-11/h1-2,5-6,11,15H,3-4,7-10H2,(H,16,17). The molecule has 0 amide bonds. The van der Waals surface area contributed by atoms with E-state index in [-0.39, 0.29) is 6.42 Å². The number of aliphatic carboxylic acids is 1. The van der Waals surface area contributed by atoms with E-state index in [9.17, 15) is 4.79 Å². The zero-order valence-corrected chi connectivity index (χ0v) is 9.98. The van der Waals surface area contributed by atoms with Crippen molar-refractivity contribution in [3.8, 4) is 0 Å². The van der Waals surface area contributed by atoms with E-state index in [4.69, 9.17) is 5.11 Å². The van der Waals surface area contributed by atoms with Crippen LogP contribution in [0.5, 0.6) is 0 Å². The number of hydrogen-bond donors (Lipinski definition) is 2. The largest absolute Gasteiger partial charge is 0.481 e. The molecule has 1 aromatic rings. The molecule has 1 fully saturated rings. The fourth-order valence-corrected chi connectivity index (χ4v) is 2.50. The molecule has 17 heavy (non-hydrogen) atoms. The van der Waals surface area contributed by atoms with Crippen molar-refractivity contribution in [1.82, 2.24) is 5.32 Å². The fraction of sp³-hybridized carbons (Fsp3) is 0.500. The van der Waals surface area contributed by atoms with Crippen LogP contribution in [-0.2, 0) is 17.6 Å². The molecule has 0 radical (unpaired) electrons. The Labute approximate surface area is 102 Å². The Morgan fingerprint density at radius 2 is 2.12 bits per heavy atom. The van der Waals surface area contributed by atoms with E-state index < -0.39 is 5.97 Å². The first kappa shape index (κ1) is 12.1. The third kappa shape index (κ3) is 3.56. The van der Waals surface area contributed by atoms with E-state index in [1.807, 2.05) is 18.2 Å². The summed E-state index contributed by atoms with van der Waals surface area (Å²) in [5.74, 6) is -0.0992. The van der Waals surface area contributed by atoms with Gasteiger partial charge in [-0.25, -0.2) is 0 Å². The molecule has 1 aliphatic heterocycles. The minimum Gasteiger partial charge on any atom is -0.481 e. The molecule has 0 aliphatic carbocycles. The third-order valence-electron chi connectivity index (χ3n) is 3.37. The minimum absolute atomic E-state index is 0.135. The van der Waals surface area contributed by atoms with E-state index in [1.165, 1.54) is 18.4 Å². The number of benzene rings is 1. The summed E-state index contributed by atoms with van der Waals surface area (Å²) in [5.41, 5.74) is 2.16. The molecule has 3 nitrogen and oxygen atoms in total. The van der Waals surface area contributed by atoms with Crippen LogP contribution in [0.3, 0.4) is 0 Å². The second-order valence-electron chi connectivity index (χ2n) is 4.76. The Kier molecular flexibility index (Phi) is 4.15. The van der Waals surface area contributed by atoms with Gasteiger partial charge in [-0.3, -0.25) is 4.79 Å². The molecular formula is C14H19NO2. The Morgan fingerprint density at radius 1 is 1.35 bits per heavy atom. The van der Waals surface area contributed by atoms with Crippen LogP contribution in [0.15, 0.2) is 24.3 Å². The van der Waals surface area contributed by atoms with Crippen LogP contribution >= 0.6 is 0 Å². The number of carbonyl (C=O) groups is 1. The lowest BCUT2D eigenvalue weighted by molar-refractivity contribution is -0.136. The van der Waals surface area contributed by atoms with Crippen molar-refractivity contribution in [3.05, 3.63) is 35.4 Å². The predicted molar refractivity (Wildman–Crippen MR) is 67.1 cm³/mol. The lowest BCUT2D eigenvalue weighted by Gasteiger charge is -2.23. The van der Waals surface area contributed by atoms with Crippen molar-refractivity contribution in [2.75, 3.05) is 13.1 Å². The van der Waals surface area contributed by atoms with Gasteiger partial charge in [-0.2, -0.15) is 0 Å². The Balaban J connectivity index is 2.05. The molecule has 0 bridgehead atoms. The number of carboxylic acid groups (broad SMARTS) is 1. The quantitative estimate of drug-likeness (QED) is 0.834. The summed E-state index contributed by atoms with van der Waals surface area (Å²) in [6.45, 7) is 2.18. The Hall–Kier alpha value is -1.35. The van der Waals surface area contributed by atoms with E-state index in [0.717, 1.165) is 25.1 Å². The molecule has 2 N–H and O–H groups in total. The Morgan fingerprint density at radius 3 is 2.76 bits per heavy atom. The number of piperidine rings is 1. The highest BCUT2D eigenvalue weighted by atomic mass is 16.4. The SMILES string of the molecule is O=C(O)Cc1ccccc1CC1CCCNC1. The van der Waals surface area contributed by atoms with Gasteiger partial charge in [-0.1, -0.05) is 24.3 Å².